The second-order valence-corrected chi connectivity index (χ2v) is 8.39. The summed E-state index contributed by atoms with van der Waals surface area (Å²) in [5.41, 5.74) is 4.60. The van der Waals surface area contributed by atoms with Gasteiger partial charge in [-0.15, -0.1) is 11.3 Å². The Morgan fingerprint density at radius 3 is 2.41 bits per heavy atom. The van der Waals surface area contributed by atoms with Crippen molar-refractivity contribution in [2.75, 3.05) is 11.6 Å². The number of aromatic nitrogens is 1. The molecule has 2 aromatic carbocycles. The molecule has 3 aromatic rings. The summed E-state index contributed by atoms with van der Waals surface area (Å²) in [4.78, 5) is 28.2. The van der Waals surface area contributed by atoms with E-state index in [4.69, 9.17) is 0 Å². The van der Waals surface area contributed by atoms with Gasteiger partial charge in [0.05, 0.1) is 11.7 Å². The Morgan fingerprint density at radius 1 is 1.10 bits per heavy atom. The second kappa shape index (κ2) is 9.71. The van der Waals surface area contributed by atoms with Crippen LogP contribution in [0.2, 0.25) is 0 Å². The lowest BCUT2D eigenvalue weighted by Gasteiger charge is -2.13. The van der Waals surface area contributed by atoms with E-state index in [-0.39, 0.29) is 17.9 Å². The highest BCUT2D eigenvalue weighted by Crippen LogP contribution is 2.26. The Balaban J connectivity index is 1.65. The molecule has 29 heavy (non-hydrogen) atoms. The zero-order valence-corrected chi connectivity index (χ0v) is 18.2. The van der Waals surface area contributed by atoms with E-state index < -0.39 is 0 Å². The first-order valence-electron chi connectivity index (χ1n) is 9.18. The molecule has 2 N–H and O–H groups in total. The zero-order chi connectivity index (χ0) is 20.8. The fourth-order valence-corrected chi connectivity index (χ4v) is 4.12. The van der Waals surface area contributed by atoms with Gasteiger partial charge in [-0.2, -0.15) is 11.8 Å². The summed E-state index contributed by atoms with van der Waals surface area (Å²) in [5.74, 6) is 0.710. The molecule has 0 aliphatic carbocycles. The Hall–Kier alpha value is -2.64. The maximum absolute atomic E-state index is 12.5. The van der Waals surface area contributed by atoms with E-state index in [2.05, 4.69) is 21.9 Å². The topological polar surface area (TPSA) is 71.1 Å². The van der Waals surface area contributed by atoms with Crippen molar-refractivity contribution >= 4 is 40.0 Å². The Bertz CT molecular complexity index is 982. The fraction of sp³-hybridized carbons (Fsp3) is 0.227. The van der Waals surface area contributed by atoms with Crippen LogP contribution in [-0.2, 0) is 10.5 Å². The van der Waals surface area contributed by atoms with Crippen LogP contribution in [0.1, 0.15) is 41.4 Å². The van der Waals surface area contributed by atoms with Crippen LogP contribution in [0.3, 0.4) is 0 Å². The van der Waals surface area contributed by atoms with Crippen molar-refractivity contribution in [2.24, 2.45) is 0 Å². The van der Waals surface area contributed by atoms with Gasteiger partial charge in [-0.05, 0) is 36.4 Å². The lowest BCUT2D eigenvalue weighted by Crippen LogP contribution is -2.23. The highest BCUT2D eigenvalue weighted by Gasteiger charge is 2.11. The van der Waals surface area contributed by atoms with Crippen LogP contribution in [-0.4, -0.2) is 23.1 Å². The van der Waals surface area contributed by atoms with Crippen LogP contribution < -0.4 is 10.6 Å². The minimum atomic E-state index is -0.166. The highest BCUT2D eigenvalue weighted by molar-refractivity contribution is 7.97. The van der Waals surface area contributed by atoms with Gasteiger partial charge >= 0.3 is 0 Å². The number of nitrogens with one attached hydrogen (secondary N) is 2. The van der Waals surface area contributed by atoms with Gasteiger partial charge in [-0.3, -0.25) is 14.9 Å². The number of hydrogen-bond donors (Lipinski definition) is 2. The Labute approximate surface area is 179 Å². The standard InChI is InChI=1S/C22H23N3O2S2/c1-14(23-15(2)26)17-8-10-18(11-9-17)20-13-29-22(24-20)25-21(27)19-6-4-16(5-7-19)12-28-3/h4-11,13-14H,12H2,1-3H3,(H,23,26)(H,24,25,27). The molecule has 150 valence electrons. The van der Waals surface area contributed by atoms with Crippen LogP contribution in [0.25, 0.3) is 11.3 Å². The van der Waals surface area contributed by atoms with Crippen molar-refractivity contribution < 1.29 is 9.59 Å². The fourth-order valence-electron chi connectivity index (χ4n) is 2.88. The molecule has 0 saturated carbocycles. The van der Waals surface area contributed by atoms with E-state index in [0.29, 0.717) is 10.7 Å². The van der Waals surface area contributed by atoms with Gasteiger partial charge in [0.1, 0.15) is 0 Å². The molecule has 5 nitrogen and oxygen atoms in total. The zero-order valence-electron chi connectivity index (χ0n) is 16.6. The average molecular weight is 426 g/mol. The Kier molecular flexibility index (Phi) is 7.06. The smallest absolute Gasteiger partial charge is 0.257 e. The van der Waals surface area contributed by atoms with Gasteiger partial charge < -0.3 is 5.32 Å². The van der Waals surface area contributed by atoms with Crippen LogP contribution in [0.4, 0.5) is 5.13 Å². The van der Waals surface area contributed by atoms with Gasteiger partial charge in [0.25, 0.3) is 5.91 Å². The summed E-state index contributed by atoms with van der Waals surface area (Å²) in [7, 11) is 0. The minimum Gasteiger partial charge on any atom is -0.350 e. The third-order valence-electron chi connectivity index (χ3n) is 4.38. The number of amides is 2. The number of thioether (sulfide) groups is 1. The molecule has 1 aromatic heterocycles. The van der Waals surface area contributed by atoms with E-state index in [1.165, 1.54) is 23.8 Å². The Morgan fingerprint density at radius 2 is 1.79 bits per heavy atom. The summed E-state index contributed by atoms with van der Waals surface area (Å²) in [6.45, 7) is 3.45. The van der Waals surface area contributed by atoms with E-state index in [1.54, 1.807) is 11.8 Å². The molecule has 3 rings (SSSR count). The van der Waals surface area contributed by atoms with E-state index in [9.17, 15) is 9.59 Å². The van der Waals surface area contributed by atoms with E-state index in [0.717, 1.165) is 22.6 Å². The normalized spacial score (nSPS) is 11.7. The average Bonchev–Trinajstić information content (AvgIpc) is 3.17. The predicted molar refractivity (Wildman–Crippen MR) is 121 cm³/mol. The number of benzene rings is 2. The molecule has 0 fully saturated rings. The summed E-state index contributed by atoms with van der Waals surface area (Å²) >= 11 is 3.14. The predicted octanol–water partition coefficient (Wildman–Crippen LogP) is 5.12. The van der Waals surface area contributed by atoms with Gasteiger partial charge in [0, 0.05) is 29.2 Å². The number of carbonyl (C=O) groups is 2. The molecule has 0 saturated heterocycles. The largest absolute Gasteiger partial charge is 0.350 e. The van der Waals surface area contributed by atoms with Crippen LogP contribution in [0.15, 0.2) is 53.9 Å². The van der Waals surface area contributed by atoms with Crippen molar-refractivity contribution in [2.45, 2.75) is 25.6 Å². The molecule has 0 spiro atoms. The van der Waals surface area contributed by atoms with Gasteiger partial charge in [0.2, 0.25) is 5.91 Å². The first-order valence-corrected chi connectivity index (χ1v) is 11.5. The molecule has 1 atom stereocenters. The van der Waals surface area contributed by atoms with Gasteiger partial charge in [-0.1, -0.05) is 36.4 Å². The summed E-state index contributed by atoms with van der Waals surface area (Å²) in [5, 5.41) is 8.22. The summed E-state index contributed by atoms with van der Waals surface area (Å²) in [6, 6.07) is 15.5. The second-order valence-electron chi connectivity index (χ2n) is 6.67. The molecule has 0 aliphatic heterocycles. The minimum absolute atomic E-state index is 0.0471. The molecular weight excluding hydrogens is 402 g/mol. The molecule has 0 aliphatic rings. The highest BCUT2D eigenvalue weighted by atomic mass is 32.2. The van der Waals surface area contributed by atoms with Crippen molar-refractivity contribution in [3.63, 3.8) is 0 Å². The number of thiazole rings is 1. The molecule has 1 unspecified atom stereocenters. The van der Waals surface area contributed by atoms with Gasteiger partial charge in [-0.25, -0.2) is 4.98 Å². The maximum Gasteiger partial charge on any atom is 0.257 e. The third kappa shape index (κ3) is 5.68. The first kappa shape index (κ1) is 21.1. The third-order valence-corrected chi connectivity index (χ3v) is 5.76. The molecular formula is C22H23N3O2S2. The summed E-state index contributed by atoms with van der Waals surface area (Å²) < 4.78 is 0. The van der Waals surface area contributed by atoms with Crippen LogP contribution in [0.5, 0.6) is 0 Å². The molecule has 0 radical (unpaired) electrons. The van der Waals surface area contributed by atoms with Crippen molar-refractivity contribution in [3.05, 3.63) is 70.6 Å². The van der Waals surface area contributed by atoms with Crippen molar-refractivity contribution in [3.8, 4) is 11.3 Å². The van der Waals surface area contributed by atoms with Gasteiger partial charge in [0.15, 0.2) is 5.13 Å². The monoisotopic (exact) mass is 425 g/mol. The lowest BCUT2D eigenvalue weighted by molar-refractivity contribution is -0.119. The molecule has 0 bridgehead atoms. The first-order chi connectivity index (χ1) is 14.0. The van der Waals surface area contributed by atoms with Crippen LogP contribution >= 0.6 is 23.1 Å². The van der Waals surface area contributed by atoms with E-state index in [1.807, 2.05) is 60.8 Å². The van der Waals surface area contributed by atoms with Crippen molar-refractivity contribution in [1.82, 2.24) is 10.3 Å². The summed E-state index contributed by atoms with van der Waals surface area (Å²) in [6.07, 6.45) is 2.05. The SMILES string of the molecule is CSCc1ccc(C(=O)Nc2nc(-c3ccc(C(C)NC(C)=O)cc3)cs2)cc1. The number of nitrogens with zero attached hydrogens (tertiary/aromatic N) is 1. The van der Waals surface area contributed by atoms with Crippen LogP contribution in [0, 0.1) is 0 Å². The molecule has 2 amide bonds. The lowest BCUT2D eigenvalue weighted by atomic mass is 10.1. The molecule has 7 heteroatoms. The number of hydrogen-bond acceptors (Lipinski definition) is 5. The number of carbonyl (C=O) groups excluding carboxylic acids is 2. The quantitative estimate of drug-likeness (QED) is 0.551. The van der Waals surface area contributed by atoms with Crippen molar-refractivity contribution in [1.29, 1.82) is 0 Å². The maximum atomic E-state index is 12.5. The molecule has 1 heterocycles. The van der Waals surface area contributed by atoms with E-state index >= 15 is 0 Å². The number of anilines is 1. The number of rotatable bonds is 7.